The highest BCUT2D eigenvalue weighted by Gasteiger charge is 2.44. The molecule has 2 heteroatoms. The second-order valence-electron chi connectivity index (χ2n) is 3.55. The van der Waals surface area contributed by atoms with Gasteiger partial charge in [-0.1, -0.05) is 0 Å². The van der Waals surface area contributed by atoms with Gasteiger partial charge >= 0.3 is 0 Å². The monoisotopic (exact) mass is 144 g/mol. The molecule has 0 aromatic heterocycles. The zero-order valence-electron chi connectivity index (χ0n) is 5.59. The van der Waals surface area contributed by atoms with Crippen molar-refractivity contribution in [3.63, 3.8) is 0 Å². The van der Waals surface area contributed by atoms with Gasteiger partial charge in [-0.2, -0.15) is 12.6 Å². The van der Waals surface area contributed by atoms with Crippen molar-refractivity contribution < 1.29 is 5.73 Å². The molecule has 2 rings (SSSR count). The summed E-state index contributed by atoms with van der Waals surface area (Å²) in [4.78, 5) is 0. The molecule has 52 valence electrons. The van der Waals surface area contributed by atoms with Crippen molar-refractivity contribution >= 4 is 12.6 Å². The second-order valence-corrected chi connectivity index (χ2v) is 4.22. The van der Waals surface area contributed by atoms with Crippen molar-refractivity contribution in [1.82, 2.24) is 0 Å². The van der Waals surface area contributed by atoms with Gasteiger partial charge in [0.2, 0.25) is 0 Å². The third-order valence-electron chi connectivity index (χ3n) is 2.97. The first-order chi connectivity index (χ1) is 4.27. The quantitative estimate of drug-likeness (QED) is 0.458. The molecule has 0 aromatic rings. The first kappa shape index (κ1) is 6.05. The molecule has 3 N–H and O–H groups in total. The standard InChI is InChI=1S/C7H13NS/c8-6-2-5-1-4(6)3-7(5)9/h4-7,9H,1-3,8H2/p+1. The molecular formula is C7H14NS+. The van der Waals surface area contributed by atoms with Crippen LogP contribution in [0.25, 0.3) is 0 Å². The molecular weight excluding hydrogens is 130 g/mol. The lowest BCUT2D eigenvalue weighted by Gasteiger charge is -2.18. The van der Waals surface area contributed by atoms with E-state index in [1.54, 1.807) is 0 Å². The summed E-state index contributed by atoms with van der Waals surface area (Å²) < 4.78 is 0. The number of hydrogen-bond acceptors (Lipinski definition) is 1. The van der Waals surface area contributed by atoms with Crippen LogP contribution >= 0.6 is 12.6 Å². The maximum atomic E-state index is 4.51. The van der Waals surface area contributed by atoms with E-state index in [0.717, 1.165) is 17.9 Å². The van der Waals surface area contributed by atoms with Gasteiger partial charge in [-0.3, -0.25) is 0 Å². The van der Waals surface area contributed by atoms with Crippen LogP contribution in [-0.4, -0.2) is 11.3 Å². The highest BCUT2D eigenvalue weighted by atomic mass is 32.1. The molecule has 0 radical (unpaired) electrons. The minimum absolute atomic E-state index is 0.716. The van der Waals surface area contributed by atoms with Crippen molar-refractivity contribution in [2.45, 2.75) is 30.6 Å². The lowest BCUT2D eigenvalue weighted by molar-refractivity contribution is -0.430. The fourth-order valence-corrected chi connectivity index (χ4v) is 2.88. The van der Waals surface area contributed by atoms with Gasteiger partial charge in [0.1, 0.15) is 0 Å². The molecule has 1 nitrogen and oxygen atoms in total. The average molecular weight is 144 g/mol. The summed E-state index contributed by atoms with van der Waals surface area (Å²) in [6.45, 7) is 0. The normalized spacial score (nSPS) is 56.7. The van der Waals surface area contributed by atoms with Crippen molar-refractivity contribution in [2.75, 3.05) is 0 Å². The van der Waals surface area contributed by atoms with E-state index >= 15 is 0 Å². The second kappa shape index (κ2) is 1.89. The summed E-state index contributed by atoms with van der Waals surface area (Å²) in [7, 11) is 0. The van der Waals surface area contributed by atoms with Crippen LogP contribution in [0.3, 0.4) is 0 Å². The Morgan fingerprint density at radius 1 is 1.11 bits per heavy atom. The molecule has 0 saturated heterocycles. The van der Waals surface area contributed by atoms with Gasteiger partial charge in [0, 0.05) is 17.6 Å². The SMILES string of the molecule is [NH3+]C1CC2CC1CC2S. The maximum absolute atomic E-state index is 4.51. The summed E-state index contributed by atoms with van der Waals surface area (Å²) in [6.07, 6.45) is 4.10. The minimum atomic E-state index is 0.716. The van der Waals surface area contributed by atoms with Crippen LogP contribution in [0.1, 0.15) is 19.3 Å². The number of fused-ring (bicyclic) bond motifs is 2. The van der Waals surface area contributed by atoms with Crippen molar-refractivity contribution in [3.8, 4) is 0 Å². The molecule has 0 aromatic carbocycles. The molecule has 0 amide bonds. The molecule has 4 atom stereocenters. The predicted molar refractivity (Wildman–Crippen MR) is 40.3 cm³/mol. The predicted octanol–water partition coefficient (Wildman–Crippen LogP) is 0.325. The van der Waals surface area contributed by atoms with Gasteiger partial charge in [-0.25, -0.2) is 0 Å². The largest absolute Gasteiger partial charge is 0.355 e. The van der Waals surface area contributed by atoms with Crippen molar-refractivity contribution in [3.05, 3.63) is 0 Å². The van der Waals surface area contributed by atoms with E-state index in [9.17, 15) is 0 Å². The van der Waals surface area contributed by atoms with Gasteiger partial charge in [-0.05, 0) is 18.8 Å². The Bertz CT molecular complexity index is 108. The lowest BCUT2D eigenvalue weighted by Crippen LogP contribution is -2.63. The fraction of sp³-hybridized carbons (Fsp3) is 1.00. The average Bonchev–Trinajstić information content (AvgIpc) is 2.24. The Morgan fingerprint density at radius 3 is 2.22 bits per heavy atom. The highest BCUT2D eigenvalue weighted by Crippen LogP contribution is 2.45. The molecule has 4 unspecified atom stereocenters. The van der Waals surface area contributed by atoms with E-state index in [2.05, 4.69) is 18.4 Å². The van der Waals surface area contributed by atoms with E-state index in [-0.39, 0.29) is 0 Å². The molecule has 0 spiro atoms. The zero-order chi connectivity index (χ0) is 6.43. The first-order valence-electron chi connectivity index (χ1n) is 3.78. The molecule has 0 aliphatic heterocycles. The number of hydrogen-bond donors (Lipinski definition) is 2. The smallest absolute Gasteiger partial charge is 0.0875 e. The Hall–Kier alpha value is 0.310. The molecule has 2 aliphatic carbocycles. The molecule has 2 bridgehead atoms. The van der Waals surface area contributed by atoms with E-state index < -0.39 is 0 Å². The van der Waals surface area contributed by atoms with Crippen LogP contribution in [0.5, 0.6) is 0 Å². The summed E-state index contributed by atoms with van der Waals surface area (Å²) in [5.41, 5.74) is 4.12. The van der Waals surface area contributed by atoms with E-state index in [1.807, 2.05) is 0 Å². The highest BCUT2D eigenvalue weighted by molar-refractivity contribution is 7.81. The topological polar surface area (TPSA) is 27.6 Å². The van der Waals surface area contributed by atoms with Crippen LogP contribution in [0.15, 0.2) is 0 Å². The Kier molecular flexibility index (Phi) is 1.27. The lowest BCUT2D eigenvalue weighted by atomic mass is 9.96. The summed E-state index contributed by atoms with van der Waals surface area (Å²) in [5.74, 6) is 1.85. The van der Waals surface area contributed by atoms with Crippen LogP contribution in [0.4, 0.5) is 0 Å². The molecule has 2 fully saturated rings. The van der Waals surface area contributed by atoms with Gasteiger partial charge in [0.25, 0.3) is 0 Å². The van der Waals surface area contributed by atoms with E-state index in [1.165, 1.54) is 19.3 Å². The first-order valence-corrected chi connectivity index (χ1v) is 4.30. The van der Waals surface area contributed by atoms with Gasteiger partial charge < -0.3 is 5.73 Å². The number of thiol groups is 1. The van der Waals surface area contributed by atoms with Crippen LogP contribution < -0.4 is 5.73 Å². The zero-order valence-corrected chi connectivity index (χ0v) is 6.48. The number of quaternary nitrogens is 1. The van der Waals surface area contributed by atoms with Gasteiger partial charge in [0.05, 0.1) is 6.04 Å². The summed E-state index contributed by atoms with van der Waals surface area (Å²) in [6, 6.07) is 0.762. The molecule has 9 heavy (non-hydrogen) atoms. The Balaban J connectivity index is 2.10. The van der Waals surface area contributed by atoms with Crippen LogP contribution in [-0.2, 0) is 0 Å². The third kappa shape index (κ3) is 0.802. The van der Waals surface area contributed by atoms with Crippen molar-refractivity contribution in [2.24, 2.45) is 11.8 Å². The third-order valence-corrected chi connectivity index (χ3v) is 3.60. The summed E-state index contributed by atoms with van der Waals surface area (Å²) >= 11 is 4.51. The maximum Gasteiger partial charge on any atom is 0.0875 e. The van der Waals surface area contributed by atoms with E-state index in [0.29, 0.717) is 5.25 Å². The van der Waals surface area contributed by atoms with Crippen molar-refractivity contribution in [1.29, 1.82) is 0 Å². The van der Waals surface area contributed by atoms with Crippen LogP contribution in [0, 0.1) is 11.8 Å². The molecule has 0 heterocycles. The summed E-state index contributed by atoms with van der Waals surface area (Å²) in [5, 5.41) is 0.716. The molecule has 2 aliphatic rings. The Labute approximate surface area is 61.4 Å². The van der Waals surface area contributed by atoms with Gasteiger partial charge in [-0.15, -0.1) is 0 Å². The minimum Gasteiger partial charge on any atom is -0.355 e. The Morgan fingerprint density at radius 2 is 1.89 bits per heavy atom. The molecule has 2 saturated carbocycles. The van der Waals surface area contributed by atoms with Gasteiger partial charge in [0.15, 0.2) is 0 Å². The fourth-order valence-electron chi connectivity index (χ4n) is 2.36. The van der Waals surface area contributed by atoms with E-state index in [4.69, 9.17) is 0 Å². The number of rotatable bonds is 0. The van der Waals surface area contributed by atoms with Crippen LogP contribution in [0.2, 0.25) is 0 Å².